The van der Waals surface area contributed by atoms with E-state index in [0.29, 0.717) is 19.4 Å². The van der Waals surface area contributed by atoms with Gasteiger partial charge in [0.05, 0.1) is 13.7 Å². The van der Waals surface area contributed by atoms with E-state index in [1.165, 1.54) is 0 Å². The van der Waals surface area contributed by atoms with Crippen molar-refractivity contribution in [2.75, 3.05) is 20.2 Å². The number of hydrogen-bond acceptors (Lipinski definition) is 5. The van der Waals surface area contributed by atoms with Gasteiger partial charge in [0.25, 0.3) is 0 Å². The highest BCUT2D eigenvalue weighted by Crippen LogP contribution is 2.19. The van der Waals surface area contributed by atoms with Crippen LogP contribution in [0.2, 0.25) is 0 Å². The van der Waals surface area contributed by atoms with Crippen LogP contribution in [0, 0.1) is 0 Å². The topological polar surface area (TPSA) is 101 Å². The molecule has 0 rings (SSSR count). The Morgan fingerprint density at radius 1 is 1.16 bits per heavy atom. The Balaban J connectivity index is 0. The molecule has 19 heavy (non-hydrogen) atoms. The first-order valence-corrected chi connectivity index (χ1v) is 6.75. The fourth-order valence-electron chi connectivity index (χ4n) is 1.82. The third-order valence-corrected chi connectivity index (χ3v) is 3.04. The Morgan fingerprint density at radius 3 is 1.68 bits per heavy atom. The van der Waals surface area contributed by atoms with E-state index in [0.717, 1.165) is 19.8 Å². The summed E-state index contributed by atoms with van der Waals surface area (Å²) in [7, 11) is 1.80. The molecule has 0 heterocycles. The predicted molar refractivity (Wildman–Crippen MR) is 70.6 cm³/mol. The minimum atomic E-state index is -1.08. The Bertz CT molecular complexity index is 219. The van der Waals surface area contributed by atoms with Gasteiger partial charge in [0.2, 0.25) is 0 Å². The lowest BCUT2D eigenvalue weighted by Gasteiger charge is -2.41. The molecule has 0 aliphatic rings. The molecule has 0 aliphatic heterocycles. The molecule has 6 heteroatoms. The number of aliphatic hydroxyl groups is 3. The Hall–Kier alpha value is -0.690. The fraction of sp³-hybridized carbons (Fsp3) is 0.923. The molecule has 116 valence electrons. The highest BCUT2D eigenvalue weighted by molar-refractivity contribution is 5.60. The van der Waals surface area contributed by atoms with Crippen molar-refractivity contribution in [3.05, 3.63) is 0 Å². The van der Waals surface area contributed by atoms with E-state index < -0.39 is 18.4 Å². The number of likely N-dealkylation sites (N-methyl/N-ethyl adjacent to an activating group) is 1. The van der Waals surface area contributed by atoms with Crippen molar-refractivity contribution in [3.8, 4) is 0 Å². The van der Waals surface area contributed by atoms with Crippen molar-refractivity contribution >= 4 is 5.97 Å². The summed E-state index contributed by atoms with van der Waals surface area (Å²) in [5, 5.41) is 37.9. The second-order valence-corrected chi connectivity index (χ2v) is 4.82. The van der Waals surface area contributed by atoms with Gasteiger partial charge in [0, 0.05) is 18.8 Å². The van der Waals surface area contributed by atoms with Crippen LogP contribution in [0.15, 0.2) is 0 Å². The summed E-state index contributed by atoms with van der Waals surface area (Å²) >= 11 is 0. The van der Waals surface area contributed by atoms with Gasteiger partial charge in [-0.15, -0.1) is 0 Å². The molecule has 0 bridgehead atoms. The largest absolute Gasteiger partial charge is 0.550 e. The summed E-state index contributed by atoms with van der Waals surface area (Å²) in [6.45, 7) is 5.35. The maximum absolute atomic E-state index is 10.00. The first-order chi connectivity index (χ1) is 8.76. The number of carbonyl (C=O) groups excluding carboxylic acids is 1. The third kappa shape index (κ3) is 8.93. The van der Waals surface area contributed by atoms with Gasteiger partial charge in [0.1, 0.15) is 6.54 Å². The minimum Gasteiger partial charge on any atom is -0.550 e. The van der Waals surface area contributed by atoms with Crippen LogP contribution in [0.3, 0.4) is 0 Å². The second-order valence-electron chi connectivity index (χ2n) is 4.82. The number of carboxylic acid groups (broad SMARTS) is 1. The Labute approximate surface area is 115 Å². The predicted octanol–water partition coefficient (Wildman–Crippen LogP) is -0.581. The summed E-state index contributed by atoms with van der Waals surface area (Å²) in [6, 6.07) is 0. The van der Waals surface area contributed by atoms with Gasteiger partial charge in [-0.25, -0.2) is 0 Å². The fourth-order valence-corrected chi connectivity index (χ4v) is 1.82. The van der Waals surface area contributed by atoms with Crippen molar-refractivity contribution in [2.24, 2.45) is 0 Å². The number of aliphatic hydroxyl groups excluding tert-OH is 3. The van der Waals surface area contributed by atoms with E-state index in [1.54, 1.807) is 7.05 Å². The molecular weight excluding hydrogens is 250 g/mol. The quantitative estimate of drug-likeness (QED) is 0.407. The van der Waals surface area contributed by atoms with Gasteiger partial charge in [-0.3, -0.25) is 4.48 Å². The zero-order valence-corrected chi connectivity index (χ0v) is 12.5. The molecule has 0 aromatic heterocycles. The molecule has 2 unspecified atom stereocenters. The first kappa shape index (κ1) is 20.6. The van der Waals surface area contributed by atoms with Crippen molar-refractivity contribution < 1.29 is 29.7 Å². The van der Waals surface area contributed by atoms with Crippen LogP contribution in [0.5, 0.6) is 0 Å². The molecule has 0 fully saturated rings. The Morgan fingerprint density at radius 2 is 1.47 bits per heavy atom. The number of hydrogen-bond donors (Lipinski definition) is 3. The number of carbonyl (C=O) groups is 1. The number of rotatable bonds is 8. The molecule has 0 saturated heterocycles. The van der Waals surface area contributed by atoms with E-state index in [4.69, 9.17) is 15.0 Å². The smallest absolute Gasteiger partial charge is 0.192 e. The molecule has 0 spiro atoms. The zero-order chi connectivity index (χ0) is 15.5. The SMILES string of the molecule is CC(=O)[O-].CCCC(O)[N+](C)(CCO)C(O)CCC. The van der Waals surface area contributed by atoms with Crippen LogP contribution in [0.1, 0.15) is 46.5 Å². The van der Waals surface area contributed by atoms with Gasteiger partial charge < -0.3 is 25.2 Å². The van der Waals surface area contributed by atoms with Crippen LogP contribution in [-0.2, 0) is 4.79 Å². The lowest BCUT2D eigenvalue weighted by atomic mass is 10.1. The summed E-state index contributed by atoms with van der Waals surface area (Å²) in [4.78, 5) is 8.89. The molecule has 2 atom stereocenters. The van der Waals surface area contributed by atoms with Gasteiger partial charge in [-0.05, 0) is 19.8 Å². The van der Waals surface area contributed by atoms with Gasteiger partial charge in [-0.2, -0.15) is 0 Å². The average Bonchev–Trinajstić information content (AvgIpc) is 2.29. The highest BCUT2D eigenvalue weighted by atomic mass is 16.4. The van der Waals surface area contributed by atoms with Crippen molar-refractivity contribution in [2.45, 2.75) is 58.9 Å². The molecule has 0 aromatic rings. The Kier molecular flexibility index (Phi) is 12.1. The molecule has 6 nitrogen and oxygen atoms in total. The first-order valence-electron chi connectivity index (χ1n) is 6.75. The van der Waals surface area contributed by atoms with Gasteiger partial charge in [-0.1, -0.05) is 13.8 Å². The summed E-state index contributed by atoms with van der Waals surface area (Å²) in [6.07, 6.45) is 1.86. The molecule has 0 saturated carbocycles. The van der Waals surface area contributed by atoms with Crippen molar-refractivity contribution in [3.63, 3.8) is 0 Å². The van der Waals surface area contributed by atoms with Crippen LogP contribution < -0.4 is 5.11 Å². The molecule has 0 radical (unpaired) electrons. The van der Waals surface area contributed by atoms with Crippen LogP contribution in [0.4, 0.5) is 0 Å². The standard InChI is InChI=1S/C11H26NO3.C2H4O2/c1-4-6-10(14)12(3,8-9-13)11(15)7-5-2;1-2(3)4/h10-11,13-15H,4-9H2,1-3H3;1H3,(H,3,4)/q+1;/p-1. The monoisotopic (exact) mass is 279 g/mol. The summed E-state index contributed by atoms with van der Waals surface area (Å²) < 4.78 is 0.137. The number of nitrogens with zero attached hydrogens (tertiary/aromatic N) is 1. The molecule has 0 aliphatic carbocycles. The third-order valence-electron chi connectivity index (χ3n) is 3.04. The minimum absolute atomic E-state index is 0.0158. The number of aliphatic carboxylic acids is 1. The van der Waals surface area contributed by atoms with Crippen LogP contribution in [-0.4, -0.2) is 58.4 Å². The number of carboxylic acids is 1. The summed E-state index contributed by atoms with van der Waals surface area (Å²) in [5.41, 5.74) is 0. The van der Waals surface area contributed by atoms with Crippen molar-refractivity contribution in [1.82, 2.24) is 0 Å². The lowest BCUT2D eigenvalue weighted by Crippen LogP contribution is -2.60. The van der Waals surface area contributed by atoms with Gasteiger partial charge >= 0.3 is 0 Å². The van der Waals surface area contributed by atoms with E-state index >= 15 is 0 Å². The molecule has 0 amide bonds. The highest BCUT2D eigenvalue weighted by Gasteiger charge is 2.36. The summed E-state index contributed by atoms with van der Waals surface area (Å²) in [5.74, 6) is -1.08. The van der Waals surface area contributed by atoms with Gasteiger partial charge in [0.15, 0.2) is 12.5 Å². The van der Waals surface area contributed by atoms with Crippen LogP contribution >= 0.6 is 0 Å². The van der Waals surface area contributed by atoms with E-state index in [-0.39, 0.29) is 11.1 Å². The molecular formula is C13H29NO5. The maximum Gasteiger partial charge on any atom is 0.192 e. The average molecular weight is 279 g/mol. The number of quaternary nitrogens is 1. The second kappa shape index (κ2) is 11.2. The molecule has 0 aromatic carbocycles. The van der Waals surface area contributed by atoms with E-state index in [2.05, 4.69) is 0 Å². The van der Waals surface area contributed by atoms with Crippen LogP contribution in [0.25, 0.3) is 0 Å². The lowest BCUT2D eigenvalue weighted by molar-refractivity contribution is -0.995. The van der Waals surface area contributed by atoms with Crippen molar-refractivity contribution in [1.29, 1.82) is 0 Å². The van der Waals surface area contributed by atoms with E-state index in [1.807, 2.05) is 13.8 Å². The maximum atomic E-state index is 10.00. The zero-order valence-electron chi connectivity index (χ0n) is 12.5. The van der Waals surface area contributed by atoms with E-state index in [9.17, 15) is 10.2 Å². The normalized spacial score (nSPS) is 16.8. The molecule has 3 N–H and O–H groups in total.